The average Bonchev–Trinajstić information content (AvgIpc) is 3.05. The number of hydrogen-bond acceptors (Lipinski definition) is 3. The van der Waals surface area contributed by atoms with E-state index in [1.54, 1.807) is 15.8 Å². The number of piperidine rings is 1. The molecule has 2 saturated heterocycles. The molecule has 1 atom stereocenters. The molecule has 0 N–H and O–H groups in total. The Morgan fingerprint density at radius 2 is 2.05 bits per heavy atom. The maximum absolute atomic E-state index is 12.5. The van der Waals surface area contributed by atoms with Gasteiger partial charge in [-0.15, -0.1) is 0 Å². The molecule has 6 nitrogen and oxygen atoms in total. The molecule has 6 heteroatoms. The van der Waals surface area contributed by atoms with Crippen LogP contribution in [-0.2, 0) is 16.6 Å². The standard InChI is InChI=1S/C14H20N4O2/c1-16-10-12(8-15-16)18-9-11(7-13(18)19)14(20)17-5-3-2-4-6-17/h8,10-11H,2-7,9H2,1H3/t11-/m0/s1. The molecule has 0 unspecified atom stereocenters. The Balaban J connectivity index is 1.68. The summed E-state index contributed by atoms with van der Waals surface area (Å²) in [6, 6.07) is 0. The first-order chi connectivity index (χ1) is 9.65. The van der Waals surface area contributed by atoms with Gasteiger partial charge in [0.1, 0.15) is 0 Å². The van der Waals surface area contributed by atoms with Crippen LogP contribution < -0.4 is 4.90 Å². The third-order valence-electron chi connectivity index (χ3n) is 4.14. The summed E-state index contributed by atoms with van der Waals surface area (Å²) in [6.07, 6.45) is 7.17. The van der Waals surface area contributed by atoms with Crippen LogP contribution in [0.5, 0.6) is 0 Å². The summed E-state index contributed by atoms with van der Waals surface area (Å²) in [7, 11) is 1.82. The SMILES string of the molecule is Cn1cc(N2C[C@@H](C(=O)N3CCCCC3)CC2=O)cn1. The van der Waals surface area contributed by atoms with Crippen molar-refractivity contribution in [2.75, 3.05) is 24.5 Å². The van der Waals surface area contributed by atoms with Gasteiger partial charge in [-0.2, -0.15) is 5.10 Å². The summed E-state index contributed by atoms with van der Waals surface area (Å²) in [5.74, 6) is -0.0291. The van der Waals surface area contributed by atoms with Crippen LogP contribution in [0.1, 0.15) is 25.7 Å². The number of likely N-dealkylation sites (tertiary alicyclic amines) is 1. The van der Waals surface area contributed by atoms with E-state index < -0.39 is 0 Å². The van der Waals surface area contributed by atoms with E-state index in [-0.39, 0.29) is 17.7 Å². The molecule has 0 spiro atoms. The summed E-state index contributed by atoms with van der Waals surface area (Å²) in [4.78, 5) is 28.2. The van der Waals surface area contributed by atoms with Crippen LogP contribution in [0.25, 0.3) is 0 Å². The molecule has 1 aromatic heterocycles. The third kappa shape index (κ3) is 2.42. The fourth-order valence-electron chi connectivity index (χ4n) is 3.04. The molecule has 0 aliphatic carbocycles. The molecule has 0 radical (unpaired) electrons. The van der Waals surface area contributed by atoms with E-state index in [1.165, 1.54) is 6.42 Å². The van der Waals surface area contributed by atoms with Crippen molar-refractivity contribution < 1.29 is 9.59 Å². The van der Waals surface area contributed by atoms with Gasteiger partial charge in [0, 0.05) is 39.3 Å². The lowest BCUT2D eigenvalue weighted by Gasteiger charge is -2.28. The summed E-state index contributed by atoms with van der Waals surface area (Å²) in [5, 5.41) is 4.08. The van der Waals surface area contributed by atoms with Crippen molar-refractivity contribution in [3.63, 3.8) is 0 Å². The monoisotopic (exact) mass is 276 g/mol. The van der Waals surface area contributed by atoms with Crippen molar-refractivity contribution in [2.45, 2.75) is 25.7 Å². The fraction of sp³-hybridized carbons (Fsp3) is 0.643. The van der Waals surface area contributed by atoms with Gasteiger partial charge >= 0.3 is 0 Å². The largest absolute Gasteiger partial charge is 0.342 e. The number of amides is 2. The number of nitrogens with zero attached hydrogens (tertiary/aromatic N) is 4. The highest BCUT2D eigenvalue weighted by Crippen LogP contribution is 2.26. The van der Waals surface area contributed by atoms with E-state index in [1.807, 2.05) is 18.1 Å². The van der Waals surface area contributed by atoms with Gasteiger partial charge in [-0.1, -0.05) is 0 Å². The van der Waals surface area contributed by atoms with E-state index in [2.05, 4.69) is 5.10 Å². The molecule has 2 fully saturated rings. The molecular weight excluding hydrogens is 256 g/mol. The molecule has 108 valence electrons. The van der Waals surface area contributed by atoms with Crippen molar-refractivity contribution in [1.82, 2.24) is 14.7 Å². The van der Waals surface area contributed by atoms with Crippen LogP contribution in [0.4, 0.5) is 5.69 Å². The first-order valence-corrected chi connectivity index (χ1v) is 7.23. The Labute approximate surface area is 118 Å². The number of aromatic nitrogens is 2. The minimum Gasteiger partial charge on any atom is -0.342 e. The van der Waals surface area contributed by atoms with Crippen molar-refractivity contribution in [1.29, 1.82) is 0 Å². The zero-order valence-corrected chi connectivity index (χ0v) is 11.8. The molecule has 20 heavy (non-hydrogen) atoms. The molecule has 0 bridgehead atoms. The predicted molar refractivity (Wildman–Crippen MR) is 74.1 cm³/mol. The molecule has 1 aromatic rings. The molecule has 3 rings (SSSR count). The molecule has 2 aliphatic heterocycles. The molecule has 0 saturated carbocycles. The Bertz CT molecular complexity index is 519. The highest BCUT2D eigenvalue weighted by molar-refractivity contribution is 6.00. The zero-order chi connectivity index (χ0) is 14.1. The lowest BCUT2D eigenvalue weighted by molar-refractivity contribution is -0.136. The predicted octanol–water partition coefficient (Wildman–Crippen LogP) is 0.785. The smallest absolute Gasteiger partial charge is 0.228 e. The lowest BCUT2D eigenvalue weighted by Crippen LogP contribution is -2.40. The van der Waals surface area contributed by atoms with Crippen molar-refractivity contribution in [2.24, 2.45) is 13.0 Å². The van der Waals surface area contributed by atoms with Gasteiger partial charge in [-0.05, 0) is 19.3 Å². The Morgan fingerprint density at radius 1 is 1.30 bits per heavy atom. The van der Waals surface area contributed by atoms with Gasteiger partial charge in [0.05, 0.1) is 17.8 Å². The van der Waals surface area contributed by atoms with Crippen molar-refractivity contribution >= 4 is 17.5 Å². The highest BCUT2D eigenvalue weighted by atomic mass is 16.2. The molecule has 2 aliphatic rings. The van der Waals surface area contributed by atoms with Crippen LogP contribution in [0.15, 0.2) is 12.4 Å². The number of carbonyl (C=O) groups excluding carboxylic acids is 2. The van der Waals surface area contributed by atoms with Crippen LogP contribution in [0, 0.1) is 5.92 Å². The highest BCUT2D eigenvalue weighted by Gasteiger charge is 2.37. The fourth-order valence-corrected chi connectivity index (χ4v) is 3.04. The van der Waals surface area contributed by atoms with E-state index in [0.717, 1.165) is 31.6 Å². The lowest BCUT2D eigenvalue weighted by atomic mass is 10.0. The first-order valence-electron chi connectivity index (χ1n) is 7.23. The molecule has 0 aromatic carbocycles. The van der Waals surface area contributed by atoms with Crippen molar-refractivity contribution in [3.8, 4) is 0 Å². The molecular formula is C14H20N4O2. The summed E-state index contributed by atoms with van der Waals surface area (Å²) in [6.45, 7) is 2.17. The quantitative estimate of drug-likeness (QED) is 0.802. The minimum absolute atomic E-state index is 0.0216. The Morgan fingerprint density at radius 3 is 2.70 bits per heavy atom. The van der Waals surface area contributed by atoms with Gasteiger partial charge in [-0.25, -0.2) is 0 Å². The summed E-state index contributed by atoms with van der Waals surface area (Å²) >= 11 is 0. The molecule has 2 amide bonds. The Hall–Kier alpha value is -1.85. The van der Waals surface area contributed by atoms with E-state index in [9.17, 15) is 9.59 Å². The summed E-state index contributed by atoms with van der Waals surface area (Å²) < 4.78 is 1.67. The molecule has 3 heterocycles. The number of rotatable bonds is 2. The number of hydrogen-bond donors (Lipinski definition) is 0. The second-order valence-corrected chi connectivity index (χ2v) is 5.66. The van der Waals surface area contributed by atoms with Gasteiger partial charge in [0.2, 0.25) is 11.8 Å². The minimum atomic E-state index is -0.194. The van der Waals surface area contributed by atoms with Crippen LogP contribution >= 0.6 is 0 Å². The van der Waals surface area contributed by atoms with Crippen LogP contribution in [-0.4, -0.2) is 46.1 Å². The number of carbonyl (C=O) groups is 2. The second-order valence-electron chi connectivity index (χ2n) is 5.66. The maximum Gasteiger partial charge on any atom is 0.228 e. The summed E-state index contributed by atoms with van der Waals surface area (Å²) in [5.41, 5.74) is 0.784. The van der Waals surface area contributed by atoms with Gasteiger partial charge in [-0.3, -0.25) is 14.3 Å². The topological polar surface area (TPSA) is 58.4 Å². The van der Waals surface area contributed by atoms with Gasteiger partial charge < -0.3 is 9.80 Å². The number of aryl methyl sites for hydroxylation is 1. The van der Waals surface area contributed by atoms with Crippen LogP contribution in [0.3, 0.4) is 0 Å². The maximum atomic E-state index is 12.5. The second kappa shape index (κ2) is 5.26. The first kappa shape index (κ1) is 13.1. The van der Waals surface area contributed by atoms with Gasteiger partial charge in [0.15, 0.2) is 0 Å². The Kier molecular flexibility index (Phi) is 3.46. The van der Waals surface area contributed by atoms with E-state index >= 15 is 0 Å². The normalized spacial score (nSPS) is 23.4. The van der Waals surface area contributed by atoms with Gasteiger partial charge in [0.25, 0.3) is 0 Å². The van der Waals surface area contributed by atoms with E-state index in [0.29, 0.717) is 13.0 Å². The van der Waals surface area contributed by atoms with Crippen LogP contribution in [0.2, 0.25) is 0 Å². The van der Waals surface area contributed by atoms with Crippen molar-refractivity contribution in [3.05, 3.63) is 12.4 Å². The number of anilines is 1. The average molecular weight is 276 g/mol. The van der Waals surface area contributed by atoms with E-state index in [4.69, 9.17) is 0 Å². The third-order valence-corrected chi connectivity index (χ3v) is 4.14. The zero-order valence-electron chi connectivity index (χ0n) is 11.8.